The number of carbonyl (C=O) groups excluding carboxylic acids is 2. The van der Waals surface area contributed by atoms with Gasteiger partial charge in [0.15, 0.2) is 6.29 Å². The van der Waals surface area contributed by atoms with Crippen LogP contribution in [0.3, 0.4) is 0 Å². The molecule has 2 rings (SSSR count). The number of Topliss-reactive ketones (excluding diaryl/α,β-unsaturated/α-hetero) is 2. The van der Waals surface area contributed by atoms with Crippen molar-refractivity contribution < 1.29 is 19.1 Å². The Morgan fingerprint density at radius 2 is 1.73 bits per heavy atom. The summed E-state index contributed by atoms with van der Waals surface area (Å²) in [7, 11) is 0. The van der Waals surface area contributed by atoms with Crippen molar-refractivity contribution in [3.05, 3.63) is 0 Å². The summed E-state index contributed by atoms with van der Waals surface area (Å²) in [5.41, 5.74) is -0.769. The van der Waals surface area contributed by atoms with Crippen LogP contribution >= 0.6 is 0 Å². The number of carbonyl (C=O) groups is 2. The minimum absolute atomic E-state index is 0.0745. The molecule has 0 aromatic carbocycles. The Morgan fingerprint density at radius 1 is 1.20 bits per heavy atom. The molecule has 4 heteroatoms. The lowest BCUT2D eigenvalue weighted by Gasteiger charge is -2.21. The van der Waals surface area contributed by atoms with Gasteiger partial charge in [-0.05, 0) is 19.8 Å². The fourth-order valence-corrected chi connectivity index (χ4v) is 2.19. The fraction of sp³-hybridized carbons (Fsp3) is 0.818. The van der Waals surface area contributed by atoms with Crippen molar-refractivity contribution in [1.29, 1.82) is 0 Å². The summed E-state index contributed by atoms with van der Waals surface area (Å²) in [5.74, 6) is 0.149. The molecule has 0 atom stereocenters. The first-order valence-electron chi connectivity index (χ1n) is 5.43. The predicted molar refractivity (Wildman–Crippen MR) is 52.3 cm³/mol. The molecule has 15 heavy (non-hydrogen) atoms. The third-order valence-electron chi connectivity index (χ3n) is 3.38. The molecule has 0 unspecified atom stereocenters. The lowest BCUT2D eigenvalue weighted by atomic mass is 9.82. The van der Waals surface area contributed by atoms with Gasteiger partial charge < -0.3 is 9.47 Å². The van der Waals surface area contributed by atoms with Crippen LogP contribution in [0.5, 0.6) is 0 Å². The summed E-state index contributed by atoms with van der Waals surface area (Å²) in [4.78, 5) is 23.2. The molecular weight excluding hydrogens is 196 g/mol. The minimum Gasteiger partial charge on any atom is -0.350 e. The Morgan fingerprint density at radius 3 is 2.27 bits per heavy atom. The first kappa shape index (κ1) is 10.8. The molecule has 1 aliphatic carbocycles. The molecule has 2 fully saturated rings. The van der Waals surface area contributed by atoms with Crippen LogP contribution in [-0.4, -0.2) is 31.1 Å². The van der Waals surface area contributed by atoms with Gasteiger partial charge in [-0.25, -0.2) is 0 Å². The molecule has 1 saturated heterocycles. The zero-order valence-electron chi connectivity index (χ0n) is 8.95. The Labute approximate surface area is 88.9 Å². The highest BCUT2D eigenvalue weighted by molar-refractivity contribution is 6.12. The van der Waals surface area contributed by atoms with Crippen molar-refractivity contribution in [2.24, 2.45) is 5.41 Å². The van der Waals surface area contributed by atoms with E-state index in [9.17, 15) is 9.59 Å². The van der Waals surface area contributed by atoms with Crippen LogP contribution in [0.15, 0.2) is 0 Å². The summed E-state index contributed by atoms with van der Waals surface area (Å²) < 4.78 is 10.6. The minimum atomic E-state index is -0.769. The average molecular weight is 212 g/mol. The number of ketones is 2. The maximum absolute atomic E-state index is 11.6. The van der Waals surface area contributed by atoms with E-state index in [0.29, 0.717) is 38.9 Å². The fourth-order valence-electron chi connectivity index (χ4n) is 2.19. The zero-order chi connectivity index (χ0) is 10.9. The molecule has 0 aromatic heterocycles. The summed E-state index contributed by atoms with van der Waals surface area (Å²) in [6, 6.07) is 0. The van der Waals surface area contributed by atoms with Gasteiger partial charge in [-0.3, -0.25) is 9.59 Å². The second-order valence-corrected chi connectivity index (χ2v) is 4.39. The largest absolute Gasteiger partial charge is 0.350 e. The third kappa shape index (κ3) is 1.96. The van der Waals surface area contributed by atoms with Crippen molar-refractivity contribution >= 4 is 11.6 Å². The summed E-state index contributed by atoms with van der Waals surface area (Å²) >= 11 is 0. The van der Waals surface area contributed by atoms with E-state index in [1.807, 2.05) is 0 Å². The topological polar surface area (TPSA) is 52.6 Å². The van der Waals surface area contributed by atoms with Crippen LogP contribution in [-0.2, 0) is 19.1 Å². The smallest absolute Gasteiger partial charge is 0.157 e. The van der Waals surface area contributed by atoms with E-state index >= 15 is 0 Å². The van der Waals surface area contributed by atoms with Gasteiger partial charge in [-0.1, -0.05) is 0 Å². The predicted octanol–water partition coefficient (Wildman–Crippen LogP) is 1.08. The van der Waals surface area contributed by atoms with Crippen molar-refractivity contribution in [1.82, 2.24) is 0 Å². The van der Waals surface area contributed by atoms with Crippen LogP contribution < -0.4 is 0 Å². The Bertz CT molecular complexity index is 262. The van der Waals surface area contributed by atoms with Crippen LogP contribution in [0, 0.1) is 5.41 Å². The standard InChI is InChI=1S/C11H16O4/c1-11(8(12)2-3-9(11)13)5-4-10-14-6-7-15-10/h10H,2-7H2,1H3. The van der Waals surface area contributed by atoms with Crippen LogP contribution in [0.2, 0.25) is 0 Å². The number of ether oxygens (including phenoxy) is 2. The van der Waals surface area contributed by atoms with E-state index in [2.05, 4.69) is 0 Å². The highest BCUT2D eigenvalue weighted by Gasteiger charge is 2.45. The first-order chi connectivity index (χ1) is 7.13. The zero-order valence-corrected chi connectivity index (χ0v) is 8.95. The number of hydrogen-bond donors (Lipinski definition) is 0. The quantitative estimate of drug-likeness (QED) is 0.657. The summed E-state index contributed by atoms with van der Waals surface area (Å²) in [6.45, 7) is 2.98. The van der Waals surface area contributed by atoms with E-state index in [0.717, 1.165) is 0 Å². The molecule has 0 amide bonds. The van der Waals surface area contributed by atoms with E-state index in [4.69, 9.17) is 9.47 Å². The molecule has 0 N–H and O–H groups in total. The molecule has 0 radical (unpaired) electrons. The van der Waals surface area contributed by atoms with Crippen molar-refractivity contribution in [3.63, 3.8) is 0 Å². The van der Waals surface area contributed by atoms with Crippen LogP contribution in [0.25, 0.3) is 0 Å². The molecule has 84 valence electrons. The first-order valence-corrected chi connectivity index (χ1v) is 5.43. The van der Waals surface area contributed by atoms with Crippen LogP contribution in [0.4, 0.5) is 0 Å². The van der Waals surface area contributed by atoms with Gasteiger partial charge in [0.25, 0.3) is 0 Å². The van der Waals surface area contributed by atoms with Crippen molar-refractivity contribution in [2.75, 3.05) is 13.2 Å². The molecule has 1 saturated carbocycles. The van der Waals surface area contributed by atoms with E-state index in [1.54, 1.807) is 6.92 Å². The molecule has 1 aliphatic heterocycles. The summed E-state index contributed by atoms with van der Waals surface area (Å²) in [5, 5.41) is 0. The maximum atomic E-state index is 11.6. The van der Waals surface area contributed by atoms with Crippen LogP contribution in [0.1, 0.15) is 32.6 Å². The van der Waals surface area contributed by atoms with Gasteiger partial charge in [0.2, 0.25) is 0 Å². The third-order valence-corrected chi connectivity index (χ3v) is 3.38. The Hall–Kier alpha value is -0.740. The van der Waals surface area contributed by atoms with Gasteiger partial charge in [0.05, 0.1) is 18.6 Å². The maximum Gasteiger partial charge on any atom is 0.157 e. The second-order valence-electron chi connectivity index (χ2n) is 4.39. The average Bonchev–Trinajstić information content (AvgIpc) is 2.81. The molecular formula is C11H16O4. The van der Waals surface area contributed by atoms with Gasteiger partial charge in [-0.15, -0.1) is 0 Å². The van der Waals surface area contributed by atoms with E-state index < -0.39 is 5.41 Å². The lowest BCUT2D eigenvalue weighted by molar-refractivity contribution is -0.135. The molecule has 0 spiro atoms. The Balaban J connectivity index is 1.91. The molecule has 0 bridgehead atoms. The molecule has 2 aliphatic rings. The monoisotopic (exact) mass is 212 g/mol. The normalized spacial score (nSPS) is 26.5. The SMILES string of the molecule is CC1(CCC2OCCO2)C(=O)CCC1=O. The van der Waals surface area contributed by atoms with Crippen molar-refractivity contribution in [2.45, 2.75) is 38.9 Å². The van der Waals surface area contributed by atoms with Gasteiger partial charge in [-0.2, -0.15) is 0 Å². The number of hydrogen-bond acceptors (Lipinski definition) is 4. The molecule has 4 nitrogen and oxygen atoms in total. The Kier molecular flexibility index (Phi) is 2.89. The highest BCUT2D eigenvalue weighted by Crippen LogP contribution is 2.36. The van der Waals surface area contributed by atoms with Gasteiger partial charge >= 0.3 is 0 Å². The molecule has 1 heterocycles. The lowest BCUT2D eigenvalue weighted by Crippen LogP contribution is -2.30. The second kappa shape index (κ2) is 4.02. The number of rotatable bonds is 3. The highest BCUT2D eigenvalue weighted by atomic mass is 16.7. The van der Waals surface area contributed by atoms with Gasteiger partial charge in [0, 0.05) is 12.8 Å². The molecule has 0 aromatic rings. The van der Waals surface area contributed by atoms with Crippen molar-refractivity contribution in [3.8, 4) is 0 Å². The van der Waals surface area contributed by atoms with E-state index in [-0.39, 0.29) is 17.9 Å². The summed E-state index contributed by atoms with van der Waals surface area (Å²) in [6.07, 6.45) is 1.77. The van der Waals surface area contributed by atoms with Gasteiger partial charge in [0.1, 0.15) is 11.6 Å². The van der Waals surface area contributed by atoms with E-state index in [1.165, 1.54) is 0 Å².